The van der Waals surface area contributed by atoms with E-state index in [1.54, 1.807) is 0 Å². The fourth-order valence-corrected chi connectivity index (χ4v) is 3.00. The van der Waals surface area contributed by atoms with Crippen molar-refractivity contribution in [3.63, 3.8) is 0 Å². The molecule has 2 aliphatic rings. The van der Waals surface area contributed by atoms with Gasteiger partial charge in [0.2, 0.25) is 5.91 Å². The molecule has 0 saturated heterocycles. The van der Waals surface area contributed by atoms with Crippen LogP contribution in [0.4, 0.5) is 0 Å². The summed E-state index contributed by atoms with van der Waals surface area (Å²) in [7, 11) is 0. The number of nitrogens with one attached hydrogen (secondary N) is 1. The second kappa shape index (κ2) is 5.93. The van der Waals surface area contributed by atoms with Crippen molar-refractivity contribution in [3.05, 3.63) is 23.8 Å². The largest absolute Gasteiger partial charge is 0.486 e. The molecule has 1 aromatic rings. The van der Waals surface area contributed by atoms with Crippen LogP contribution in [0.25, 0.3) is 0 Å². The molecular formula is C16H22N2O3. The zero-order valence-corrected chi connectivity index (χ0v) is 12.3. The van der Waals surface area contributed by atoms with E-state index in [9.17, 15) is 4.79 Å². The fraction of sp³-hybridized carbons (Fsp3) is 0.562. The van der Waals surface area contributed by atoms with E-state index in [-0.39, 0.29) is 23.9 Å². The van der Waals surface area contributed by atoms with Crippen LogP contribution in [0.3, 0.4) is 0 Å². The molecule has 0 bridgehead atoms. The highest BCUT2D eigenvalue weighted by atomic mass is 16.6. The summed E-state index contributed by atoms with van der Waals surface area (Å²) in [5.41, 5.74) is 6.89. The molecule has 21 heavy (non-hydrogen) atoms. The second-order valence-electron chi connectivity index (χ2n) is 5.90. The lowest BCUT2D eigenvalue weighted by atomic mass is 10.0. The van der Waals surface area contributed by atoms with Gasteiger partial charge < -0.3 is 20.5 Å². The van der Waals surface area contributed by atoms with Crippen LogP contribution in [0.5, 0.6) is 11.5 Å². The van der Waals surface area contributed by atoms with Gasteiger partial charge in [-0.15, -0.1) is 0 Å². The molecular weight excluding hydrogens is 268 g/mol. The predicted molar refractivity (Wildman–Crippen MR) is 79.3 cm³/mol. The molecule has 0 spiro atoms. The maximum atomic E-state index is 12.2. The smallest absolute Gasteiger partial charge is 0.223 e. The third kappa shape index (κ3) is 3.13. The van der Waals surface area contributed by atoms with E-state index in [1.165, 1.54) is 0 Å². The van der Waals surface area contributed by atoms with Gasteiger partial charge in [0, 0.05) is 12.0 Å². The molecule has 5 heteroatoms. The molecule has 1 saturated carbocycles. The maximum absolute atomic E-state index is 12.2. The third-order valence-electron chi connectivity index (χ3n) is 4.27. The Morgan fingerprint density at radius 1 is 1.29 bits per heavy atom. The number of benzene rings is 1. The second-order valence-corrected chi connectivity index (χ2v) is 5.90. The summed E-state index contributed by atoms with van der Waals surface area (Å²) in [6.07, 6.45) is 2.62. The lowest BCUT2D eigenvalue weighted by molar-refractivity contribution is -0.125. The molecule has 0 radical (unpaired) electrons. The van der Waals surface area contributed by atoms with Crippen molar-refractivity contribution in [2.24, 2.45) is 11.7 Å². The van der Waals surface area contributed by atoms with E-state index in [2.05, 4.69) is 5.32 Å². The van der Waals surface area contributed by atoms with Crippen molar-refractivity contribution < 1.29 is 14.3 Å². The molecule has 5 nitrogen and oxygen atoms in total. The number of hydrogen-bond donors (Lipinski definition) is 2. The normalized spacial score (nSPS) is 25.4. The lowest BCUT2D eigenvalue weighted by Crippen LogP contribution is -2.32. The Morgan fingerprint density at radius 3 is 2.76 bits per heavy atom. The number of rotatable bonds is 3. The molecule has 1 aliphatic heterocycles. The van der Waals surface area contributed by atoms with Gasteiger partial charge >= 0.3 is 0 Å². The van der Waals surface area contributed by atoms with Crippen molar-refractivity contribution in [2.75, 3.05) is 13.2 Å². The van der Waals surface area contributed by atoms with Crippen LogP contribution in [0.1, 0.15) is 37.8 Å². The van der Waals surface area contributed by atoms with Crippen LogP contribution in [-0.4, -0.2) is 25.2 Å². The first-order valence-electron chi connectivity index (χ1n) is 7.59. The van der Waals surface area contributed by atoms with Crippen molar-refractivity contribution in [2.45, 2.75) is 38.3 Å². The molecule has 1 amide bonds. The molecule has 114 valence electrons. The summed E-state index contributed by atoms with van der Waals surface area (Å²) in [5.74, 6) is 1.68. The molecule has 1 fully saturated rings. The average molecular weight is 290 g/mol. The Labute approximate surface area is 124 Å². The lowest BCUT2D eigenvalue weighted by Gasteiger charge is -2.22. The zero-order valence-electron chi connectivity index (χ0n) is 12.3. The molecule has 3 N–H and O–H groups in total. The summed E-state index contributed by atoms with van der Waals surface area (Å²) in [5, 5.41) is 3.07. The van der Waals surface area contributed by atoms with Gasteiger partial charge in [-0.05, 0) is 43.9 Å². The van der Waals surface area contributed by atoms with Crippen LogP contribution in [0.15, 0.2) is 18.2 Å². The third-order valence-corrected chi connectivity index (χ3v) is 4.27. The van der Waals surface area contributed by atoms with Gasteiger partial charge in [0.05, 0.1) is 6.04 Å². The summed E-state index contributed by atoms with van der Waals surface area (Å²) in [6.45, 7) is 3.13. The van der Waals surface area contributed by atoms with Gasteiger partial charge in [-0.2, -0.15) is 0 Å². The minimum atomic E-state index is -0.0508. The summed E-state index contributed by atoms with van der Waals surface area (Å²) in [4.78, 5) is 12.2. The highest BCUT2D eigenvalue weighted by molar-refractivity contribution is 5.79. The van der Waals surface area contributed by atoms with E-state index in [1.807, 2.05) is 25.1 Å². The van der Waals surface area contributed by atoms with Gasteiger partial charge in [0.1, 0.15) is 13.2 Å². The molecule has 1 heterocycles. The van der Waals surface area contributed by atoms with E-state index >= 15 is 0 Å². The maximum Gasteiger partial charge on any atom is 0.223 e. The van der Waals surface area contributed by atoms with E-state index in [0.717, 1.165) is 36.3 Å². The molecule has 3 rings (SSSR count). The molecule has 3 atom stereocenters. The summed E-state index contributed by atoms with van der Waals surface area (Å²) < 4.78 is 11.1. The molecule has 1 aliphatic carbocycles. The highest BCUT2D eigenvalue weighted by Gasteiger charge is 2.28. The van der Waals surface area contributed by atoms with Crippen LogP contribution < -0.4 is 20.5 Å². The highest BCUT2D eigenvalue weighted by Crippen LogP contribution is 2.33. The molecule has 0 aromatic heterocycles. The van der Waals surface area contributed by atoms with Crippen molar-refractivity contribution >= 4 is 5.91 Å². The Morgan fingerprint density at radius 2 is 2.05 bits per heavy atom. The predicted octanol–water partition coefficient (Wildman–Crippen LogP) is 1.76. The number of carbonyl (C=O) groups is 1. The Bertz CT molecular complexity index is 532. The van der Waals surface area contributed by atoms with Crippen LogP contribution in [-0.2, 0) is 4.79 Å². The minimum Gasteiger partial charge on any atom is -0.486 e. The Kier molecular flexibility index (Phi) is 4.01. The number of ether oxygens (including phenoxy) is 2. The minimum absolute atomic E-state index is 0.0508. The zero-order chi connectivity index (χ0) is 14.8. The van der Waals surface area contributed by atoms with Crippen molar-refractivity contribution in [1.29, 1.82) is 0 Å². The van der Waals surface area contributed by atoms with Crippen molar-refractivity contribution in [1.82, 2.24) is 5.32 Å². The average Bonchev–Trinajstić information content (AvgIpc) is 2.93. The topological polar surface area (TPSA) is 73.6 Å². The monoisotopic (exact) mass is 290 g/mol. The van der Waals surface area contributed by atoms with E-state index in [0.29, 0.717) is 13.2 Å². The number of nitrogens with two attached hydrogens (primary N) is 1. The summed E-state index contributed by atoms with van der Waals surface area (Å²) >= 11 is 0. The van der Waals surface area contributed by atoms with Gasteiger partial charge in [-0.3, -0.25) is 4.79 Å². The van der Waals surface area contributed by atoms with E-state index < -0.39 is 0 Å². The first kappa shape index (κ1) is 14.2. The fourth-order valence-electron chi connectivity index (χ4n) is 3.00. The van der Waals surface area contributed by atoms with Crippen LogP contribution in [0.2, 0.25) is 0 Å². The number of fused-ring (bicyclic) bond motifs is 1. The van der Waals surface area contributed by atoms with Gasteiger partial charge in [0.25, 0.3) is 0 Å². The first-order chi connectivity index (χ1) is 10.1. The number of hydrogen-bond acceptors (Lipinski definition) is 4. The quantitative estimate of drug-likeness (QED) is 0.889. The van der Waals surface area contributed by atoms with Gasteiger partial charge in [-0.1, -0.05) is 6.07 Å². The van der Waals surface area contributed by atoms with Crippen LogP contribution in [0, 0.1) is 5.92 Å². The van der Waals surface area contributed by atoms with Crippen LogP contribution >= 0.6 is 0 Å². The molecule has 3 unspecified atom stereocenters. The number of carbonyl (C=O) groups excluding carboxylic acids is 1. The van der Waals surface area contributed by atoms with Gasteiger partial charge in [-0.25, -0.2) is 0 Å². The standard InChI is InChI=1S/C16H22N2O3/c1-10(18-16(19)12-2-4-13(17)8-12)11-3-5-14-15(9-11)21-7-6-20-14/h3,5,9-10,12-13H,2,4,6-8,17H2,1H3,(H,18,19). The Hall–Kier alpha value is -1.75. The first-order valence-corrected chi connectivity index (χ1v) is 7.59. The molecule has 1 aromatic carbocycles. The number of amides is 1. The SMILES string of the molecule is CC(NC(=O)C1CCC(N)C1)c1ccc2c(c1)OCCO2. The Balaban J connectivity index is 1.65. The van der Waals surface area contributed by atoms with Gasteiger partial charge in [0.15, 0.2) is 11.5 Å². The summed E-state index contributed by atoms with van der Waals surface area (Å²) in [6, 6.07) is 5.94. The van der Waals surface area contributed by atoms with E-state index in [4.69, 9.17) is 15.2 Å². The van der Waals surface area contributed by atoms with Crippen molar-refractivity contribution in [3.8, 4) is 11.5 Å².